The SMILES string of the molecule is CCC1CCC(NC(=O)NC2CC(OC)C2)(C(=O)O)CC1. The van der Waals surface area contributed by atoms with Crippen molar-refractivity contribution in [2.45, 2.75) is 69.6 Å². The summed E-state index contributed by atoms with van der Waals surface area (Å²) in [6, 6.07) is -0.278. The third-order valence-corrected chi connectivity index (χ3v) is 5.06. The number of aliphatic carboxylic acids is 1. The van der Waals surface area contributed by atoms with Gasteiger partial charge in [-0.2, -0.15) is 0 Å². The lowest BCUT2D eigenvalue weighted by molar-refractivity contribution is -0.146. The number of rotatable bonds is 5. The number of nitrogens with one attached hydrogen (secondary N) is 2. The molecule has 0 spiro atoms. The molecular weight excluding hydrogens is 272 g/mol. The van der Waals surface area contributed by atoms with Crippen molar-refractivity contribution in [3.05, 3.63) is 0 Å². The molecule has 6 heteroatoms. The van der Waals surface area contributed by atoms with Gasteiger partial charge < -0.3 is 20.5 Å². The smallest absolute Gasteiger partial charge is 0.329 e. The molecule has 0 aromatic carbocycles. The van der Waals surface area contributed by atoms with Crippen molar-refractivity contribution in [2.24, 2.45) is 5.92 Å². The molecule has 0 aromatic rings. The molecule has 3 N–H and O–H groups in total. The van der Waals surface area contributed by atoms with E-state index >= 15 is 0 Å². The van der Waals surface area contributed by atoms with Gasteiger partial charge in [0.1, 0.15) is 5.54 Å². The Morgan fingerprint density at radius 2 is 1.90 bits per heavy atom. The number of amides is 2. The zero-order valence-electron chi connectivity index (χ0n) is 12.9. The van der Waals surface area contributed by atoms with Gasteiger partial charge in [-0.1, -0.05) is 13.3 Å². The van der Waals surface area contributed by atoms with Crippen LogP contribution in [0.25, 0.3) is 0 Å². The van der Waals surface area contributed by atoms with Crippen LogP contribution in [0.2, 0.25) is 0 Å². The maximum atomic E-state index is 12.0. The van der Waals surface area contributed by atoms with Gasteiger partial charge in [0.2, 0.25) is 0 Å². The Morgan fingerprint density at radius 3 is 2.38 bits per heavy atom. The molecule has 0 saturated heterocycles. The molecular formula is C15H26N2O4. The first-order valence-electron chi connectivity index (χ1n) is 7.84. The van der Waals surface area contributed by atoms with E-state index in [0.29, 0.717) is 18.8 Å². The van der Waals surface area contributed by atoms with Crippen molar-refractivity contribution >= 4 is 12.0 Å². The van der Waals surface area contributed by atoms with Gasteiger partial charge in [0.25, 0.3) is 0 Å². The zero-order valence-corrected chi connectivity index (χ0v) is 12.9. The molecule has 0 radical (unpaired) electrons. The predicted octanol–water partition coefficient (Wildman–Crippen LogP) is 1.89. The summed E-state index contributed by atoms with van der Waals surface area (Å²) < 4.78 is 5.16. The minimum absolute atomic E-state index is 0.0905. The third kappa shape index (κ3) is 3.67. The average molecular weight is 298 g/mol. The zero-order chi connectivity index (χ0) is 15.5. The van der Waals surface area contributed by atoms with Gasteiger partial charge in [0, 0.05) is 13.2 Å². The van der Waals surface area contributed by atoms with Crippen LogP contribution in [0.3, 0.4) is 0 Å². The van der Waals surface area contributed by atoms with Gasteiger partial charge in [0.15, 0.2) is 0 Å². The lowest BCUT2D eigenvalue weighted by Crippen LogP contribution is -2.61. The van der Waals surface area contributed by atoms with E-state index in [4.69, 9.17) is 4.74 Å². The summed E-state index contributed by atoms with van der Waals surface area (Å²) in [5, 5.41) is 15.1. The van der Waals surface area contributed by atoms with Crippen LogP contribution in [0, 0.1) is 5.92 Å². The topological polar surface area (TPSA) is 87.7 Å². The van der Waals surface area contributed by atoms with Crippen LogP contribution in [0.15, 0.2) is 0 Å². The van der Waals surface area contributed by atoms with E-state index in [-0.39, 0.29) is 18.2 Å². The molecule has 6 nitrogen and oxygen atoms in total. The Labute approximate surface area is 125 Å². The summed E-state index contributed by atoms with van der Waals surface area (Å²) in [5.74, 6) is -0.341. The normalized spacial score (nSPS) is 35.6. The molecule has 0 unspecified atom stereocenters. The van der Waals surface area contributed by atoms with E-state index in [1.54, 1.807) is 7.11 Å². The summed E-state index contributed by atoms with van der Waals surface area (Å²) in [6.07, 6.45) is 5.62. The number of carbonyl (C=O) groups is 2. The van der Waals surface area contributed by atoms with E-state index in [1.807, 2.05) is 0 Å². The van der Waals surface area contributed by atoms with Crippen LogP contribution >= 0.6 is 0 Å². The number of carboxylic acids is 1. The summed E-state index contributed by atoms with van der Waals surface area (Å²) in [4.78, 5) is 23.7. The summed E-state index contributed by atoms with van der Waals surface area (Å²) in [7, 11) is 1.66. The Hall–Kier alpha value is -1.30. The predicted molar refractivity (Wildman–Crippen MR) is 78.1 cm³/mol. The van der Waals surface area contributed by atoms with Crippen molar-refractivity contribution in [2.75, 3.05) is 7.11 Å². The molecule has 0 atom stereocenters. The van der Waals surface area contributed by atoms with Crippen LogP contribution in [0.4, 0.5) is 4.79 Å². The Balaban J connectivity index is 1.85. The van der Waals surface area contributed by atoms with E-state index in [9.17, 15) is 14.7 Å². The monoisotopic (exact) mass is 298 g/mol. The molecule has 2 aliphatic rings. The van der Waals surface area contributed by atoms with Crippen molar-refractivity contribution < 1.29 is 19.4 Å². The molecule has 2 aliphatic carbocycles. The van der Waals surface area contributed by atoms with E-state index in [2.05, 4.69) is 17.6 Å². The number of methoxy groups -OCH3 is 1. The number of hydrogen-bond donors (Lipinski definition) is 3. The lowest BCUT2D eigenvalue weighted by atomic mass is 9.75. The Morgan fingerprint density at radius 1 is 1.29 bits per heavy atom. The Kier molecular flexibility index (Phi) is 5.08. The summed E-state index contributed by atoms with van der Waals surface area (Å²) in [5.41, 5.74) is -1.10. The number of carboxylic acid groups (broad SMARTS) is 1. The molecule has 0 bridgehead atoms. The van der Waals surface area contributed by atoms with Gasteiger partial charge in [-0.3, -0.25) is 0 Å². The highest BCUT2D eigenvalue weighted by atomic mass is 16.5. The second-order valence-electron chi connectivity index (χ2n) is 6.36. The van der Waals surface area contributed by atoms with Gasteiger partial charge in [-0.05, 0) is 44.4 Å². The fourth-order valence-corrected chi connectivity index (χ4v) is 3.29. The third-order valence-electron chi connectivity index (χ3n) is 5.06. The van der Waals surface area contributed by atoms with E-state index < -0.39 is 11.5 Å². The molecule has 120 valence electrons. The van der Waals surface area contributed by atoms with Crippen LogP contribution in [0.1, 0.15) is 51.9 Å². The molecule has 2 rings (SSSR count). The number of urea groups is 1. The first kappa shape index (κ1) is 16.1. The highest BCUT2D eigenvalue weighted by Crippen LogP contribution is 2.34. The van der Waals surface area contributed by atoms with Crippen LogP contribution in [-0.2, 0) is 9.53 Å². The van der Waals surface area contributed by atoms with Crippen molar-refractivity contribution in [1.82, 2.24) is 10.6 Å². The van der Waals surface area contributed by atoms with Crippen molar-refractivity contribution in [3.63, 3.8) is 0 Å². The van der Waals surface area contributed by atoms with E-state index in [1.165, 1.54) is 0 Å². The standard InChI is InChI=1S/C15H26N2O4/c1-3-10-4-6-15(7-5-10,13(18)19)17-14(20)16-11-8-12(9-11)21-2/h10-12H,3-9H2,1-2H3,(H,18,19)(H2,16,17,20). The molecule has 2 amide bonds. The maximum absolute atomic E-state index is 12.0. The van der Waals surface area contributed by atoms with Crippen LogP contribution in [-0.4, -0.2) is 41.9 Å². The molecule has 21 heavy (non-hydrogen) atoms. The van der Waals surface area contributed by atoms with Gasteiger partial charge in [-0.15, -0.1) is 0 Å². The summed E-state index contributed by atoms with van der Waals surface area (Å²) in [6.45, 7) is 2.13. The van der Waals surface area contributed by atoms with Crippen molar-refractivity contribution in [1.29, 1.82) is 0 Å². The second-order valence-corrected chi connectivity index (χ2v) is 6.36. The average Bonchev–Trinajstić information content (AvgIpc) is 2.43. The van der Waals surface area contributed by atoms with Crippen molar-refractivity contribution in [3.8, 4) is 0 Å². The van der Waals surface area contributed by atoms with Gasteiger partial charge in [-0.25, -0.2) is 9.59 Å². The number of carbonyl (C=O) groups excluding carboxylic acids is 1. The molecule has 2 saturated carbocycles. The quantitative estimate of drug-likeness (QED) is 0.723. The van der Waals surface area contributed by atoms with Crippen LogP contribution < -0.4 is 10.6 Å². The van der Waals surface area contributed by atoms with E-state index in [0.717, 1.165) is 32.1 Å². The second kappa shape index (κ2) is 6.64. The van der Waals surface area contributed by atoms with Crippen LogP contribution in [0.5, 0.6) is 0 Å². The highest BCUT2D eigenvalue weighted by molar-refractivity contribution is 5.86. The number of hydrogen-bond acceptors (Lipinski definition) is 3. The minimum Gasteiger partial charge on any atom is -0.480 e. The largest absolute Gasteiger partial charge is 0.480 e. The Bertz CT molecular complexity index is 385. The molecule has 0 aromatic heterocycles. The fourth-order valence-electron chi connectivity index (χ4n) is 3.29. The first-order chi connectivity index (χ1) is 9.99. The molecule has 2 fully saturated rings. The molecule has 0 heterocycles. The number of ether oxygens (including phenoxy) is 1. The van der Waals surface area contributed by atoms with Gasteiger partial charge >= 0.3 is 12.0 Å². The lowest BCUT2D eigenvalue weighted by Gasteiger charge is -2.39. The summed E-state index contributed by atoms with van der Waals surface area (Å²) >= 11 is 0. The maximum Gasteiger partial charge on any atom is 0.329 e. The fraction of sp³-hybridized carbons (Fsp3) is 0.867. The minimum atomic E-state index is -1.10. The first-order valence-corrected chi connectivity index (χ1v) is 7.84. The highest BCUT2D eigenvalue weighted by Gasteiger charge is 2.43. The molecule has 0 aliphatic heterocycles. The van der Waals surface area contributed by atoms with Gasteiger partial charge in [0.05, 0.1) is 6.10 Å².